The fourth-order valence-electron chi connectivity index (χ4n) is 3.44. The summed E-state index contributed by atoms with van der Waals surface area (Å²) in [5.74, 6) is -0.960. The monoisotopic (exact) mass is 447 g/mol. The Balaban J connectivity index is 1.99. The van der Waals surface area contributed by atoms with Crippen LogP contribution in [0.3, 0.4) is 0 Å². The molecule has 0 aliphatic carbocycles. The molecule has 0 radical (unpaired) electrons. The molecule has 160 valence electrons. The average Bonchev–Trinajstić information content (AvgIpc) is 3.13. The fraction of sp³-hybridized carbons (Fsp3) is 0.125. The SMILES string of the molecule is CCOC(=O)c1sc2c(ccc(=O)n2-c2ccc(F)cc2)c1Nc1cccc(C)c1C#N. The van der Waals surface area contributed by atoms with Gasteiger partial charge in [-0.1, -0.05) is 12.1 Å². The van der Waals surface area contributed by atoms with Crippen molar-refractivity contribution >= 4 is 38.9 Å². The molecule has 2 aromatic carbocycles. The maximum absolute atomic E-state index is 13.4. The maximum Gasteiger partial charge on any atom is 0.350 e. The van der Waals surface area contributed by atoms with Gasteiger partial charge in [0.25, 0.3) is 5.56 Å². The Labute approximate surface area is 187 Å². The zero-order valence-electron chi connectivity index (χ0n) is 17.3. The summed E-state index contributed by atoms with van der Waals surface area (Å²) in [5, 5.41) is 13.4. The molecule has 4 rings (SSSR count). The Morgan fingerprint density at radius 3 is 2.62 bits per heavy atom. The number of benzene rings is 2. The van der Waals surface area contributed by atoms with E-state index in [9.17, 15) is 19.2 Å². The lowest BCUT2D eigenvalue weighted by molar-refractivity contribution is 0.0533. The second-order valence-corrected chi connectivity index (χ2v) is 7.96. The van der Waals surface area contributed by atoms with Crippen LogP contribution in [0.2, 0.25) is 0 Å². The van der Waals surface area contributed by atoms with E-state index in [1.54, 1.807) is 19.1 Å². The third kappa shape index (κ3) is 3.74. The van der Waals surface area contributed by atoms with E-state index < -0.39 is 11.8 Å². The van der Waals surface area contributed by atoms with Crippen LogP contribution in [-0.2, 0) is 4.74 Å². The van der Waals surface area contributed by atoms with Crippen molar-refractivity contribution in [2.75, 3.05) is 11.9 Å². The average molecular weight is 447 g/mol. The molecule has 1 N–H and O–H groups in total. The third-order valence-corrected chi connectivity index (χ3v) is 6.10. The summed E-state index contributed by atoms with van der Waals surface area (Å²) in [4.78, 5) is 26.3. The Hall–Kier alpha value is -3.96. The number of esters is 1. The zero-order chi connectivity index (χ0) is 22.8. The molecule has 0 bridgehead atoms. The van der Waals surface area contributed by atoms with Crippen molar-refractivity contribution in [2.24, 2.45) is 0 Å². The van der Waals surface area contributed by atoms with Gasteiger partial charge in [-0.2, -0.15) is 5.26 Å². The Kier molecular flexibility index (Phi) is 5.75. The maximum atomic E-state index is 13.4. The van der Waals surface area contributed by atoms with Crippen LogP contribution in [-0.4, -0.2) is 17.1 Å². The number of pyridine rings is 1. The molecular formula is C24H18FN3O3S. The summed E-state index contributed by atoms with van der Waals surface area (Å²) in [6.45, 7) is 3.72. The molecule has 0 amide bonds. The Bertz CT molecular complexity index is 1430. The topological polar surface area (TPSA) is 84.1 Å². The molecule has 2 aromatic heterocycles. The summed E-state index contributed by atoms with van der Waals surface area (Å²) in [7, 11) is 0. The highest BCUT2D eigenvalue weighted by molar-refractivity contribution is 7.21. The molecule has 6 nitrogen and oxygen atoms in total. The lowest BCUT2D eigenvalue weighted by Gasteiger charge is -2.12. The molecule has 0 aliphatic heterocycles. The minimum Gasteiger partial charge on any atom is -0.462 e. The minimum absolute atomic E-state index is 0.186. The van der Waals surface area contributed by atoms with Gasteiger partial charge in [0.1, 0.15) is 21.6 Å². The van der Waals surface area contributed by atoms with E-state index in [-0.39, 0.29) is 17.0 Å². The number of hydrogen-bond donors (Lipinski definition) is 1. The first-order chi connectivity index (χ1) is 15.4. The normalized spacial score (nSPS) is 10.7. The van der Waals surface area contributed by atoms with Gasteiger partial charge in [-0.15, -0.1) is 11.3 Å². The summed E-state index contributed by atoms with van der Waals surface area (Å²) >= 11 is 1.10. The third-order valence-electron chi connectivity index (χ3n) is 4.93. The number of nitrogens with zero attached hydrogens (tertiary/aromatic N) is 2. The summed E-state index contributed by atoms with van der Waals surface area (Å²) < 4.78 is 20.1. The highest BCUT2D eigenvalue weighted by Crippen LogP contribution is 2.39. The smallest absolute Gasteiger partial charge is 0.350 e. The van der Waals surface area contributed by atoms with Crippen molar-refractivity contribution in [3.05, 3.63) is 86.8 Å². The van der Waals surface area contributed by atoms with Gasteiger partial charge >= 0.3 is 5.97 Å². The molecule has 0 saturated heterocycles. The Morgan fingerprint density at radius 2 is 1.94 bits per heavy atom. The van der Waals surface area contributed by atoms with Gasteiger partial charge in [-0.05, 0) is 55.8 Å². The van der Waals surface area contributed by atoms with Crippen LogP contribution in [0.5, 0.6) is 0 Å². The van der Waals surface area contributed by atoms with Crippen LogP contribution in [0.1, 0.15) is 27.7 Å². The van der Waals surface area contributed by atoms with Crippen molar-refractivity contribution in [3.8, 4) is 11.8 Å². The second kappa shape index (κ2) is 8.65. The number of nitrogens with one attached hydrogen (secondary N) is 1. The van der Waals surface area contributed by atoms with E-state index in [4.69, 9.17) is 4.74 Å². The number of hydrogen-bond acceptors (Lipinski definition) is 6. The summed E-state index contributed by atoms with van der Waals surface area (Å²) in [6, 6.07) is 16.1. The number of carbonyl (C=O) groups excluding carboxylic acids is 1. The van der Waals surface area contributed by atoms with E-state index in [0.29, 0.717) is 32.8 Å². The highest BCUT2D eigenvalue weighted by atomic mass is 32.1. The van der Waals surface area contributed by atoms with E-state index >= 15 is 0 Å². The van der Waals surface area contributed by atoms with Gasteiger partial charge < -0.3 is 10.1 Å². The quantitative estimate of drug-likeness (QED) is 0.420. The summed E-state index contributed by atoms with van der Waals surface area (Å²) in [5.41, 5.74) is 2.38. The molecule has 0 spiro atoms. The van der Waals surface area contributed by atoms with Gasteiger partial charge in [0.05, 0.1) is 29.2 Å². The van der Waals surface area contributed by atoms with Crippen LogP contribution < -0.4 is 10.9 Å². The molecule has 0 atom stereocenters. The standard InChI is InChI=1S/C24H18FN3O3S/c1-3-31-24(30)22-21(27-19-6-4-5-14(2)18(19)13-26)17-11-12-20(29)28(23(17)32-22)16-9-7-15(25)8-10-16/h4-12,27H,3H2,1-2H3. The second-order valence-electron chi connectivity index (χ2n) is 6.96. The molecule has 8 heteroatoms. The predicted molar refractivity (Wildman–Crippen MR) is 123 cm³/mol. The number of halogens is 1. The molecule has 2 heterocycles. The molecule has 32 heavy (non-hydrogen) atoms. The van der Waals surface area contributed by atoms with Crippen molar-refractivity contribution in [1.82, 2.24) is 4.57 Å². The lowest BCUT2D eigenvalue weighted by atomic mass is 10.1. The van der Waals surface area contributed by atoms with Crippen LogP contribution in [0.25, 0.3) is 15.9 Å². The van der Waals surface area contributed by atoms with Crippen LogP contribution >= 0.6 is 11.3 Å². The minimum atomic E-state index is -0.541. The van der Waals surface area contributed by atoms with Crippen molar-refractivity contribution < 1.29 is 13.9 Å². The van der Waals surface area contributed by atoms with Gasteiger partial charge in [0.2, 0.25) is 0 Å². The number of nitriles is 1. The molecule has 0 fully saturated rings. The van der Waals surface area contributed by atoms with E-state index in [1.165, 1.54) is 34.9 Å². The zero-order valence-corrected chi connectivity index (χ0v) is 18.1. The molecular weight excluding hydrogens is 429 g/mol. The Morgan fingerprint density at radius 1 is 1.19 bits per heavy atom. The molecule has 0 saturated carbocycles. The number of rotatable bonds is 5. The number of fused-ring (bicyclic) bond motifs is 1. The number of aromatic nitrogens is 1. The molecule has 4 aromatic rings. The first-order valence-electron chi connectivity index (χ1n) is 9.83. The van der Waals surface area contributed by atoms with Crippen molar-refractivity contribution in [1.29, 1.82) is 5.26 Å². The summed E-state index contributed by atoms with van der Waals surface area (Å²) in [6.07, 6.45) is 0. The van der Waals surface area contributed by atoms with E-state index in [1.807, 2.05) is 19.1 Å². The number of aryl methyl sites for hydroxylation is 1. The predicted octanol–water partition coefficient (Wildman–Crippen LogP) is 5.29. The van der Waals surface area contributed by atoms with Crippen LogP contribution in [0, 0.1) is 24.1 Å². The van der Waals surface area contributed by atoms with Gasteiger partial charge in [0.15, 0.2) is 0 Å². The van der Waals surface area contributed by atoms with Gasteiger partial charge in [-0.25, -0.2) is 9.18 Å². The van der Waals surface area contributed by atoms with Crippen LogP contribution in [0.4, 0.5) is 15.8 Å². The molecule has 0 unspecified atom stereocenters. The number of carbonyl (C=O) groups is 1. The fourth-order valence-corrected chi connectivity index (χ4v) is 4.60. The first-order valence-corrected chi connectivity index (χ1v) is 10.6. The highest BCUT2D eigenvalue weighted by Gasteiger charge is 2.23. The number of ether oxygens (including phenoxy) is 1. The number of thiophene rings is 1. The van der Waals surface area contributed by atoms with E-state index in [2.05, 4.69) is 11.4 Å². The van der Waals surface area contributed by atoms with E-state index in [0.717, 1.165) is 16.9 Å². The lowest BCUT2D eigenvalue weighted by Crippen LogP contribution is -2.16. The van der Waals surface area contributed by atoms with Crippen molar-refractivity contribution in [3.63, 3.8) is 0 Å². The van der Waals surface area contributed by atoms with Crippen LogP contribution in [0.15, 0.2) is 59.4 Å². The van der Waals surface area contributed by atoms with Gasteiger partial charge in [0, 0.05) is 11.5 Å². The largest absolute Gasteiger partial charge is 0.462 e. The van der Waals surface area contributed by atoms with Crippen molar-refractivity contribution in [2.45, 2.75) is 13.8 Å². The first kappa shape index (κ1) is 21.3. The number of anilines is 2. The molecule has 0 aliphatic rings. The van der Waals surface area contributed by atoms with Gasteiger partial charge in [-0.3, -0.25) is 9.36 Å².